The maximum absolute atomic E-state index is 13.8. The van der Waals surface area contributed by atoms with Crippen LogP contribution in [-0.4, -0.2) is 22.7 Å². The summed E-state index contributed by atoms with van der Waals surface area (Å²) in [5.74, 6) is 3.15. The summed E-state index contributed by atoms with van der Waals surface area (Å²) in [6.45, 7) is 9.30. The Morgan fingerprint density at radius 2 is 1.81 bits per heavy atom. The van der Waals surface area contributed by atoms with Gasteiger partial charge in [-0.15, -0.1) is 0 Å². The van der Waals surface area contributed by atoms with Gasteiger partial charge in [0.05, 0.1) is 6.10 Å². The molecule has 1 aromatic rings. The first kappa shape index (κ1) is 25.8. The first-order chi connectivity index (χ1) is 17.5. The number of fused-ring (bicyclic) bond motifs is 6. The molecule has 4 saturated carbocycles. The van der Waals surface area contributed by atoms with Gasteiger partial charge in [-0.1, -0.05) is 26.7 Å². The summed E-state index contributed by atoms with van der Waals surface area (Å²) in [6, 6.07) is 4.85. The molecule has 1 aliphatic heterocycles. The molecule has 8 unspecified atom stereocenters. The maximum atomic E-state index is 13.8. The Morgan fingerprint density at radius 1 is 1.03 bits per heavy atom. The Morgan fingerprint density at radius 3 is 2.62 bits per heavy atom. The highest BCUT2D eigenvalue weighted by molar-refractivity contribution is 5.97. The van der Waals surface area contributed by atoms with Crippen LogP contribution < -0.4 is 4.90 Å². The van der Waals surface area contributed by atoms with Crippen molar-refractivity contribution < 1.29 is 14.3 Å². The smallest absolute Gasteiger partial charge is 0.227 e. The van der Waals surface area contributed by atoms with Crippen molar-refractivity contribution in [2.24, 2.45) is 40.4 Å². The lowest BCUT2D eigenvalue weighted by molar-refractivity contribution is -0.162. The van der Waals surface area contributed by atoms with Gasteiger partial charge < -0.3 is 10.0 Å². The van der Waals surface area contributed by atoms with E-state index in [1.165, 1.54) is 57.4 Å². The third-order valence-corrected chi connectivity index (χ3v) is 12.5. The van der Waals surface area contributed by atoms with Crippen LogP contribution in [0.5, 0.6) is 0 Å². The minimum absolute atomic E-state index is 0.117. The topological polar surface area (TPSA) is 40.5 Å². The molecular weight excluding hydrogens is 461 g/mol. The van der Waals surface area contributed by atoms with Gasteiger partial charge in [-0.25, -0.2) is 4.39 Å². The van der Waals surface area contributed by atoms with E-state index >= 15 is 0 Å². The molecule has 0 saturated heterocycles. The van der Waals surface area contributed by atoms with Crippen LogP contribution >= 0.6 is 0 Å². The van der Waals surface area contributed by atoms with Gasteiger partial charge in [0.2, 0.25) is 5.91 Å². The number of benzene rings is 1. The highest BCUT2D eigenvalue weighted by Crippen LogP contribution is 2.68. The van der Waals surface area contributed by atoms with Gasteiger partial charge >= 0.3 is 0 Å². The van der Waals surface area contributed by atoms with Gasteiger partial charge in [-0.2, -0.15) is 0 Å². The van der Waals surface area contributed by atoms with E-state index in [4.69, 9.17) is 0 Å². The summed E-state index contributed by atoms with van der Waals surface area (Å²) >= 11 is 0. The zero-order chi connectivity index (χ0) is 26.2. The van der Waals surface area contributed by atoms with Gasteiger partial charge in [0, 0.05) is 17.6 Å². The van der Waals surface area contributed by atoms with E-state index in [9.17, 15) is 14.3 Å². The summed E-state index contributed by atoms with van der Waals surface area (Å²) in [7, 11) is 0. The molecule has 1 amide bonds. The van der Waals surface area contributed by atoms with Gasteiger partial charge in [0.1, 0.15) is 5.82 Å². The van der Waals surface area contributed by atoms with Crippen molar-refractivity contribution >= 4 is 11.6 Å². The lowest BCUT2D eigenvalue weighted by Gasteiger charge is -2.62. The Labute approximate surface area is 223 Å². The molecule has 8 atom stereocenters. The van der Waals surface area contributed by atoms with E-state index in [-0.39, 0.29) is 23.4 Å². The molecule has 1 heterocycles. The van der Waals surface area contributed by atoms with Crippen molar-refractivity contribution in [3.05, 3.63) is 29.6 Å². The molecule has 1 aromatic carbocycles. The monoisotopic (exact) mass is 509 g/mol. The van der Waals surface area contributed by atoms with Gasteiger partial charge in [-0.05, 0) is 142 Å². The Kier molecular flexibility index (Phi) is 6.33. The molecule has 37 heavy (non-hydrogen) atoms. The number of rotatable bonds is 4. The highest BCUT2D eigenvalue weighted by Gasteiger charge is 2.61. The molecule has 6 rings (SSSR count). The minimum Gasteiger partial charge on any atom is -0.393 e. The van der Waals surface area contributed by atoms with E-state index in [0.29, 0.717) is 47.3 Å². The number of anilines is 1. The predicted octanol–water partition coefficient (Wildman–Crippen LogP) is 7.68. The van der Waals surface area contributed by atoms with Crippen LogP contribution in [0, 0.1) is 46.2 Å². The first-order valence-corrected chi connectivity index (χ1v) is 15.3. The van der Waals surface area contributed by atoms with Gasteiger partial charge in [0.15, 0.2) is 0 Å². The summed E-state index contributed by atoms with van der Waals surface area (Å²) in [4.78, 5) is 15.4. The molecule has 0 aromatic heterocycles. The second-order valence-electron chi connectivity index (χ2n) is 14.7. The van der Waals surface area contributed by atoms with Crippen LogP contribution in [0.15, 0.2) is 18.2 Å². The Hall–Kier alpha value is -1.42. The minimum atomic E-state index is -0.305. The summed E-state index contributed by atoms with van der Waals surface area (Å²) in [5, 5.41) is 11.4. The zero-order valence-electron chi connectivity index (χ0n) is 23.6. The van der Waals surface area contributed by atoms with E-state index in [2.05, 4.69) is 27.7 Å². The van der Waals surface area contributed by atoms with E-state index < -0.39 is 0 Å². The van der Waals surface area contributed by atoms with Crippen molar-refractivity contribution in [2.75, 3.05) is 4.90 Å². The SMILES string of the molecule is CC12CCC3C(C(O)CC4CCCCC43C)C1CCC2CCCC(=O)N1c2ccc(F)cc2CC1(C)C. The fourth-order valence-electron chi connectivity index (χ4n) is 10.7. The van der Waals surface area contributed by atoms with Crippen LogP contribution in [0.25, 0.3) is 0 Å². The van der Waals surface area contributed by atoms with Crippen LogP contribution in [0.2, 0.25) is 0 Å². The largest absolute Gasteiger partial charge is 0.393 e. The fourth-order valence-corrected chi connectivity index (χ4v) is 10.7. The molecule has 1 N–H and O–H groups in total. The lowest BCUT2D eigenvalue weighted by atomic mass is 9.44. The Balaban J connectivity index is 1.12. The first-order valence-electron chi connectivity index (χ1n) is 15.3. The van der Waals surface area contributed by atoms with Crippen LogP contribution in [0.1, 0.15) is 110 Å². The standard InChI is InChI=1S/C33H48FNO2/c1-31(2)20-21-18-24(34)12-14-27(21)35(31)29(37)10-7-9-22-11-13-25-30-26(15-17-33(22,25)4)32(3)16-6-5-8-23(32)19-28(30)36/h12,14,18,22-23,25-26,28,30,36H,5-11,13,15-17,19-20H2,1-4H3. The number of aliphatic hydroxyl groups is 1. The van der Waals surface area contributed by atoms with E-state index in [1.807, 2.05) is 4.90 Å². The average molecular weight is 510 g/mol. The normalized spacial score (nSPS) is 42.1. The van der Waals surface area contributed by atoms with Crippen LogP contribution in [0.4, 0.5) is 10.1 Å². The number of aliphatic hydroxyl groups excluding tert-OH is 1. The van der Waals surface area contributed by atoms with Crippen molar-refractivity contribution in [1.29, 1.82) is 0 Å². The molecule has 4 fully saturated rings. The number of nitrogens with zero attached hydrogens (tertiary/aromatic N) is 1. The second-order valence-corrected chi connectivity index (χ2v) is 14.7. The third kappa shape index (κ3) is 4.02. The van der Waals surface area contributed by atoms with E-state index in [0.717, 1.165) is 36.4 Å². The third-order valence-electron chi connectivity index (χ3n) is 12.5. The number of halogens is 1. The van der Waals surface area contributed by atoms with Gasteiger partial charge in [0.25, 0.3) is 0 Å². The van der Waals surface area contributed by atoms with Gasteiger partial charge in [-0.3, -0.25) is 4.79 Å². The Bertz CT molecular complexity index is 1050. The number of hydrogen-bond donors (Lipinski definition) is 1. The molecule has 4 aliphatic carbocycles. The fraction of sp³-hybridized carbons (Fsp3) is 0.788. The molecular formula is C33H48FNO2. The predicted molar refractivity (Wildman–Crippen MR) is 147 cm³/mol. The number of carbonyl (C=O) groups is 1. The zero-order valence-corrected chi connectivity index (χ0v) is 23.6. The van der Waals surface area contributed by atoms with Crippen molar-refractivity contribution in [1.82, 2.24) is 0 Å². The van der Waals surface area contributed by atoms with Crippen molar-refractivity contribution in [3.8, 4) is 0 Å². The van der Waals surface area contributed by atoms with E-state index in [1.54, 1.807) is 12.1 Å². The number of hydrogen-bond acceptors (Lipinski definition) is 2. The molecule has 0 bridgehead atoms. The molecule has 5 aliphatic rings. The summed E-state index contributed by atoms with van der Waals surface area (Å²) in [5.41, 5.74) is 2.28. The molecule has 0 radical (unpaired) electrons. The number of carbonyl (C=O) groups excluding carboxylic acids is 1. The van der Waals surface area contributed by atoms with Crippen molar-refractivity contribution in [3.63, 3.8) is 0 Å². The second kappa shape index (κ2) is 9.07. The van der Waals surface area contributed by atoms with Crippen LogP contribution in [0.3, 0.4) is 0 Å². The molecule has 204 valence electrons. The highest BCUT2D eigenvalue weighted by atomic mass is 19.1. The maximum Gasteiger partial charge on any atom is 0.227 e. The molecule has 0 spiro atoms. The molecule has 4 heteroatoms. The summed E-state index contributed by atoms with van der Waals surface area (Å²) in [6.07, 6.45) is 14.7. The molecule has 3 nitrogen and oxygen atoms in total. The number of amides is 1. The summed E-state index contributed by atoms with van der Waals surface area (Å²) < 4.78 is 13.8. The van der Waals surface area contributed by atoms with Crippen LogP contribution in [-0.2, 0) is 11.2 Å². The lowest BCUT2D eigenvalue weighted by Crippen LogP contribution is -2.57. The average Bonchev–Trinajstić information content (AvgIpc) is 3.31. The quantitative estimate of drug-likeness (QED) is 0.452. The van der Waals surface area contributed by atoms with Crippen molar-refractivity contribution in [2.45, 2.75) is 123 Å².